The molecule has 1 unspecified atom stereocenters. The summed E-state index contributed by atoms with van der Waals surface area (Å²) < 4.78 is 5.50. The van der Waals surface area contributed by atoms with Crippen LogP contribution >= 0.6 is 12.6 Å². The molecular weight excluding hydrogens is 376 g/mol. The van der Waals surface area contributed by atoms with Crippen LogP contribution in [0.1, 0.15) is 45.6 Å². The number of nitrogens with zero attached hydrogens (tertiary/aromatic N) is 1. The summed E-state index contributed by atoms with van der Waals surface area (Å²) in [6.45, 7) is 3.07. The minimum absolute atomic E-state index is 0.0241. The predicted octanol–water partition coefficient (Wildman–Crippen LogP) is 3.36. The van der Waals surface area contributed by atoms with Gasteiger partial charge in [0.05, 0.1) is 12.4 Å². The molecule has 0 amide bonds. The summed E-state index contributed by atoms with van der Waals surface area (Å²) in [4.78, 5) is 24.7. The number of carboxylic acid groups (broad SMARTS) is 1. The largest absolute Gasteiger partial charge is 0.496 e. The highest BCUT2D eigenvalue weighted by molar-refractivity contribution is 7.80. The molecule has 0 spiro atoms. The van der Waals surface area contributed by atoms with Crippen molar-refractivity contribution in [2.24, 2.45) is 4.99 Å². The lowest BCUT2D eigenvalue weighted by atomic mass is 9.95. The number of ketones is 1. The minimum atomic E-state index is -0.250. The highest BCUT2D eigenvalue weighted by Crippen LogP contribution is 2.37. The Morgan fingerprint density at radius 1 is 1.29 bits per heavy atom. The first-order valence-electron chi connectivity index (χ1n) is 8.85. The quantitative estimate of drug-likeness (QED) is 0.407. The molecule has 0 saturated heterocycles. The lowest BCUT2D eigenvalue weighted by Crippen LogP contribution is -2.31. The van der Waals surface area contributed by atoms with Gasteiger partial charge in [-0.25, -0.2) is 0 Å². The third kappa shape index (κ3) is 5.13. The van der Waals surface area contributed by atoms with Crippen molar-refractivity contribution in [1.82, 2.24) is 5.32 Å². The fraction of sp³-hybridized carbons (Fsp3) is 0.286. The molecule has 0 radical (unpaired) electrons. The molecule has 2 aromatic carbocycles. The minimum Gasteiger partial charge on any atom is -0.496 e. The number of hydrogen-bond donors (Lipinski definition) is 3. The number of aliphatic imine (C=N–C) groups is 1. The second-order valence-electron chi connectivity index (χ2n) is 6.12. The fourth-order valence-corrected chi connectivity index (χ4v) is 3.43. The Morgan fingerprint density at radius 2 is 2.00 bits per heavy atom. The SMILES string of the molecule is COc1ccc(C(C)=O)cc1C(S)c1ccccc1C1=NCCCN1.O=CO. The van der Waals surface area contributed by atoms with Crippen LogP contribution in [-0.4, -0.2) is 43.4 Å². The van der Waals surface area contributed by atoms with E-state index in [-0.39, 0.29) is 17.5 Å². The molecule has 1 aliphatic heterocycles. The smallest absolute Gasteiger partial charge is 0.290 e. The number of thiol groups is 1. The summed E-state index contributed by atoms with van der Waals surface area (Å²) in [5.74, 6) is 1.65. The first kappa shape index (κ1) is 21.5. The van der Waals surface area contributed by atoms with E-state index in [4.69, 9.17) is 27.3 Å². The molecule has 1 heterocycles. The zero-order valence-corrected chi connectivity index (χ0v) is 16.8. The molecule has 1 atom stereocenters. The van der Waals surface area contributed by atoms with Crippen LogP contribution in [0, 0.1) is 0 Å². The molecule has 1 aliphatic rings. The third-order valence-corrected chi connectivity index (χ3v) is 4.89. The molecule has 7 heteroatoms. The van der Waals surface area contributed by atoms with Crippen LogP contribution in [-0.2, 0) is 4.79 Å². The van der Waals surface area contributed by atoms with E-state index in [1.807, 2.05) is 30.3 Å². The predicted molar refractivity (Wildman–Crippen MR) is 113 cm³/mol. The second-order valence-corrected chi connectivity index (χ2v) is 6.64. The van der Waals surface area contributed by atoms with Gasteiger partial charge in [-0.15, -0.1) is 0 Å². The van der Waals surface area contributed by atoms with Crippen LogP contribution < -0.4 is 10.1 Å². The van der Waals surface area contributed by atoms with E-state index in [0.29, 0.717) is 5.56 Å². The second kappa shape index (κ2) is 10.5. The molecular formula is C21H24N2O4S. The van der Waals surface area contributed by atoms with Gasteiger partial charge in [0, 0.05) is 29.8 Å². The molecule has 148 valence electrons. The highest BCUT2D eigenvalue weighted by atomic mass is 32.1. The zero-order valence-electron chi connectivity index (χ0n) is 15.9. The molecule has 6 nitrogen and oxygen atoms in total. The van der Waals surface area contributed by atoms with Gasteiger partial charge in [-0.2, -0.15) is 12.6 Å². The lowest BCUT2D eigenvalue weighted by Gasteiger charge is -2.22. The Balaban J connectivity index is 0.000000878. The Labute approximate surface area is 170 Å². The van der Waals surface area contributed by atoms with E-state index in [1.54, 1.807) is 20.1 Å². The molecule has 2 N–H and O–H groups in total. The van der Waals surface area contributed by atoms with Crippen LogP contribution in [0.15, 0.2) is 47.5 Å². The Bertz CT molecular complexity index is 867. The molecule has 0 bridgehead atoms. The average Bonchev–Trinajstić information content (AvgIpc) is 2.74. The summed E-state index contributed by atoms with van der Waals surface area (Å²) in [7, 11) is 1.63. The lowest BCUT2D eigenvalue weighted by molar-refractivity contribution is -0.122. The van der Waals surface area contributed by atoms with E-state index in [9.17, 15) is 4.79 Å². The number of methoxy groups -OCH3 is 1. The number of hydrogen-bond acceptors (Lipinski definition) is 6. The Kier molecular flexibility index (Phi) is 8.07. The van der Waals surface area contributed by atoms with E-state index in [2.05, 4.69) is 16.4 Å². The van der Waals surface area contributed by atoms with Crippen molar-refractivity contribution in [2.45, 2.75) is 18.6 Å². The zero-order chi connectivity index (χ0) is 20.5. The molecule has 28 heavy (non-hydrogen) atoms. The summed E-state index contributed by atoms with van der Waals surface area (Å²) in [5.41, 5.74) is 3.61. The van der Waals surface area contributed by atoms with E-state index in [0.717, 1.165) is 47.8 Å². The van der Waals surface area contributed by atoms with Gasteiger partial charge in [-0.05, 0) is 37.1 Å². The van der Waals surface area contributed by atoms with Gasteiger partial charge in [0.1, 0.15) is 11.6 Å². The van der Waals surface area contributed by atoms with Gasteiger partial charge >= 0.3 is 0 Å². The van der Waals surface area contributed by atoms with Crippen molar-refractivity contribution in [3.63, 3.8) is 0 Å². The van der Waals surface area contributed by atoms with Crippen LogP contribution in [0.2, 0.25) is 0 Å². The van der Waals surface area contributed by atoms with Crippen molar-refractivity contribution < 1.29 is 19.4 Å². The molecule has 0 saturated carbocycles. The average molecular weight is 401 g/mol. The molecule has 0 aliphatic carbocycles. The van der Waals surface area contributed by atoms with Gasteiger partial charge in [0.25, 0.3) is 6.47 Å². The summed E-state index contributed by atoms with van der Waals surface area (Å²) >= 11 is 4.86. The highest BCUT2D eigenvalue weighted by Gasteiger charge is 2.21. The van der Waals surface area contributed by atoms with Crippen LogP contribution in [0.3, 0.4) is 0 Å². The number of amidine groups is 1. The van der Waals surface area contributed by atoms with E-state index in [1.165, 1.54) is 0 Å². The number of rotatable bonds is 5. The number of benzene rings is 2. The van der Waals surface area contributed by atoms with E-state index < -0.39 is 0 Å². The van der Waals surface area contributed by atoms with Crippen molar-refractivity contribution in [3.05, 3.63) is 64.7 Å². The number of carbonyl (C=O) groups is 2. The van der Waals surface area contributed by atoms with Crippen LogP contribution in [0.25, 0.3) is 0 Å². The standard InChI is InChI=1S/C20H22N2O2S.CH2O2/c1-13(23)14-8-9-18(24-2)17(12-14)19(25)15-6-3-4-7-16(15)20-21-10-5-11-22-20;2-1-3/h3-4,6-9,12,19,25H,5,10-11H2,1-2H3,(H,21,22);1H,(H,2,3). The van der Waals surface area contributed by atoms with Gasteiger partial charge in [-0.3, -0.25) is 14.6 Å². The Hall–Kier alpha value is -2.80. The first-order chi connectivity index (χ1) is 13.5. The topological polar surface area (TPSA) is 88.0 Å². The summed E-state index contributed by atoms with van der Waals surface area (Å²) in [6, 6.07) is 13.6. The van der Waals surface area contributed by atoms with Crippen molar-refractivity contribution in [3.8, 4) is 5.75 Å². The number of carbonyl (C=O) groups excluding carboxylic acids is 1. The van der Waals surface area contributed by atoms with Gasteiger partial charge in [0.2, 0.25) is 0 Å². The Morgan fingerprint density at radius 3 is 2.61 bits per heavy atom. The van der Waals surface area contributed by atoms with Crippen molar-refractivity contribution >= 4 is 30.7 Å². The van der Waals surface area contributed by atoms with Crippen molar-refractivity contribution in [1.29, 1.82) is 0 Å². The number of Topliss-reactive ketones (excluding diaryl/α,β-unsaturated/α-hetero) is 1. The molecule has 0 aromatic heterocycles. The maximum Gasteiger partial charge on any atom is 0.290 e. The van der Waals surface area contributed by atoms with Gasteiger partial charge < -0.3 is 15.2 Å². The summed E-state index contributed by atoms with van der Waals surface area (Å²) in [5, 5.41) is 10.0. The van der Waals surface area contributed by atoms with E-state index >= 15 is 0 Å². The maximum atomic E-state index is 11.8. The third-order valence-electron chi connectivity index (χ3n) is 4.34. The summed E-state index contributed by atoms with van der Waals surface area (Å²) in [6.07, 6.45) is 1.05. The van der Waals surface area contributed by atoms with Gasteiger partial charge in [-0.1, -0.05) is 24.3 Å². The molecule has 0 fully saturated rings. The fourth-order valence-electron chi connectivity index (χ4n) is 3.00. The van der Waals surface area contributed by atoms with Crippen molar-refractivity contribution in [2.75, 3.05) is 20.2 Å². The first-order valence-corrected chi connectivity index (χ1v) is 9.37. The maximum absolute atomic E-state index is 11.8. The monoisotopic (exact) mass is 400 g/mol. The van der Waals surface area contributed by atoms with Crippen LogP contribution in [0.5, 0.6) is 5.75 Å². The molecule has 3 rings (SSSR count). The van der Waals surface area contributed by atoms with Crippen LogP contribution in [0.4, 0.5) is 0 Å². The number of nitrogens with one attached hydrogen (secondary N) is 1. The normalized spacial score (nSPS) is 13.9. The molecule has 2 aromatic rings. The van der Waals surface area contributed by atoms with Gasteiger partial charge in [0.15, 0.2) is 5.78 Å². The number of ether oxygens (including phenoxy) is 1.